The number of benzene rings is 2. The van der Waals surface area contributed by atoms with Crippen LogP contribution in [0.5, 0.6) is 11.5 Å². The molecule has 0 aliphatic rings. The van der Waals surface area contributed by atoms with Gasteiger partial charge < -0.3 is 30.0 Å². The van der Waals surface area contributed by atoms with Gasteiger partial charge in [0.2, 0.25) is 5.43 Å². The van der Waals surface area contributed by atoms with Crippen LogP contribution >= 0.6 is 11.6 Å². The molecule has 0 spiro atoms. The second kappa shape index (κ2) is 9.40. The summed E-state index contributed by atoms with van der Waals surface area (Å²) in [5.41, 5.74) is 4.68. The van der Waals surface area contributed by atoms with Crippen molar-refractivity contribution >= 4 is 40.3 Å². The average molecular weight is 460 g/mol. The molecule has 0 fully saturated rings. The van der Waals surface area contributed by atoms with Crippen molar-refractivity contribution in [2.45, 2.75) is 6.54 Å². The number of hydrogen-bond acceptors (Lipinski definition) is 6. The maximum absolute atomic E-state index is 12.5. The van der Waals surface area contributed by atoms with E-state index in [4.69, 9.17) is 37.3 Å². The van der Waals surface area contributed by atoms with Crippen molar-refractivity contribution in [1.82, 2.24) is 4.57 Å². The van der Waals surface area contributed by atoms with E-state index in [1.807, 2.05) is 0 Å². The number of fused-ring (bicyclic) bond motifs is 1. The Labute approximate surface area is 185 Å². The first-order valence-electron chi connectivity index (χ1n) is 9.20. The first-order chi connectivity index (χ1) is 15.2. The molecule has 32 heavy (non-hydrogen) atoms. The first kappa shape index (κ1) is 22.6. The number of pyridine rings is 1. The lowest BCUT2D eigenvalue weighted by Gasteiger charge is -2.15. The van der Waals surface area contributed by atoms with Gasteiger partial charge in [0.15, 0.2) is 0 Å². The van der Waals surface area contributed by atoms with Crippen LogP contribution in [0, 0.1) is 5.41 Å². The lowest BCUT2D eigenvalue weighted by atomic mass is 10.1. The molecule has 166 valence electrons. The normalized spacial score (nSPS) is 10.7. The van der Waals surface area contributed by atoms with Gasteiger partial charge in [-0.2, -0.15) is 0 Å². The van der Waals surface area contributed by atoms with E-state index in [2.05, 4.69) is 0 Å². The fourth-order valence-electron chi connectivity index (χ4n) is 3.01. The SMILES string of the molecule is N=C(N)c1ccc(OCCOc2ccc3c(=O)c(C(=O)O)cn(CC(=O)O)c3c2Cl)cc1. The number of aromatic carboxylic acids is 1. The predicted molar refractivity (Wildman–Crippen MR) is 116 cm³/mol. The smallest absolute Gasteiger partial charge is 0.341 e. The number of nitrogens with one attached hydrogen (secondary N) is 1. The summed E-state index contributed by atoms with van der Waals surface area (Å²) in [5.74, 6) is -2.04. The maximum Gasteiger partial charge on any atom is 0.341 e. The molecule has 0 aliphatic heterocycles. The monoisotopic (exact) mass is 459 g/mol. The number of aromatic nitrogens is 1. The standard InChI is InChI=1S/C21H18ClN3O7/c22-17-15(32-8-7-31-12-3-1-11(2-4-12)20(23)24)6-5-13-18(17)25(10-16(26)27)9-14(19(13)28)21(29)30/h1-6,9H,7-8,10H2,(H3,23,24)(H,26,27)(H,29,30). The number of hydrogen-bond donors (Lipinski definition) is 4. The number of rotatable bonds is 9. The van der Waals surface area contributed by atoms with Gasteiger partial charge in [0.05, 0.1) is 5.52 Å². The minimum Gasteiger partial charge on any atom is -0.490 e. The van der Waals surface area contributed by atoms with E-state index in [1.54, 1.807) is 24.3 Å². The summed E-state index contributed by atoms with van der Waals surface area (Å²) in [7, 11) is 0. The van der Waals surface area contributed by atoms with Crippen LogP contribution in [0.15, 0.2) is 47.4 Å². The number of nitrogens with zero attached hydrogens (tertiary/aromatic N) is 1. The van der Waals surface area contributed by atoms with Crippen LogP contribution in [0.4, 0.5) is 0 Å². The van der Waals surface area contributed by atoms with E-state index in [-0.39, 0.29) is 40.7 Å². The molecule has 0 amide bonds. The van der Waals surface area contributed by atoms with Crippen LogP contribution in [-0.2, 0) is 11.3 Å². The predicted octanol–water partition coefficient (Wildman–Crippen LogP) is 2.18. The molecule has 0 saturated carbocycles. The van der Waals surface area contributed by atoms with Crippen LogP contribution in [0.3, 0.4) is 0 Å². The zero-order valence-corrected chi connectivity index (χ0v) is 17.3. The molecule has 3 rings (SSSR count). The molecular formula is C21H18ClN3O7. The molecule has 0 saturated heterocycles. The summed E-state index contributed by atoms with van der Waals surface area (Å²) in [5, 5.41) is 25.7. The molecule has 0 radical (unpaired) electrons. The summed E-state index contributed by atoms with van der Waals surface area (Å²) in [6.07, 6.45) is 0.949. The number of ether oxygens (including phenoxy) is 2. The van der Waals surface area contributed by atoms with Crippen LogP contribution in [0.2, 0.25) is 5.02 Å². The molecule has 0 aliphatic carbocycles. The van der Waals surface area contributed by atoms with Gasteiger partial charge in [-0.05, 0) is 36.4 Å². The van der Waals surface area contributed by atoms with Crippen LogP contribution in [0.25, 0.3) is 10.9 Å². The molecule has 0 atom stereocenters. The summed E-state index contributed by atoms with van der Waals surface area (Å²) in [6, 6.07) is 9.35. The molecule has 1 heterocycles. The van der Waals surface area contributed by atoms with E-state index >= 15 is 0 Å². The quantitative estimate of drug-likeness (QED) is 0.215. The fraction of sp³-hybridized carbons (Fsp3) is 0.143. The summed E-state index contributed by atoms with van der Waals surface area (Å²) < 4.78 is 12.3. The third-order valence-corrected chi connectivity index (χ3v) is 4.82. The van der Waals surface area contributed by atoms with Crippen molar-refractivity contribution in [2.75, 3.05) is 13.2 Å². The molecule has 3 aromatic rings. The summed E-state index contributed by atoms with van der Waals surface area (Å²) in [6.45, 7) is -0.372. The number of aliphatic carboxylic acids is 1. The lowest BCUT2D eigenvalue weighted by Crippen LogP contribution is -2.21. The highest BCUT2D eigenvalue weighted by Gasteiger charge is 2.19. The zero-order chi connectivity index (χ0) is 23.4. The van der Waals surface area contributed by atoms with Crippen LogP contribution in [0.1, 0.15) is 15.9 Å². The minimum atomic E-state index is -1.47. The van der Waals surface area contributed by atoms with Crippen LogP contribution in [-0.4, -0.2) is 45.8 Å². The van der Waals surface area contributed by atoms with E-state index < -0.39 is 29.5 Å². The largest absolute Gasteiger partial charge is 0.490 e. The molecule has 0 unspecified atom stereocenters. The fourth-order valence-corrected chi connectivity index (χ4v) is 3.34. The van der Waals surface area contributed by atoms with Gasteiger partial charge in [-0.3, -0.25) is 15.0 Å². The van der Waals surface area contributed by atoms with Crippen molar-refractivity contribution in [3.63, 3.8) is 0 Å². The van der Waals surface area contributed by atoms with E-state index in [9.17, 15) is 19.5 Å². The van der Waals surface area contributed by atoms with Gasteiger partial charge in [0, 0.05) is 17.1 Å². The molecule has 5 N–H and O–H groups in total. The summed E-state index contributed by atoms with van der Waals surface area (Å²) in [4.78, 5) is 35.0. The van der Waals surface area contributed by atoms with E-state index in [1.165, 1.54) is 12.1 Å². The number of amidine groups is 1. The van der Waals surface area contributed by atoms with Gasteiger partial charge in [-0.1, -0.05) is 11.6 Å². The number of carbonyl (C=O) groups is 2. The zero-order valence-electron chi connectivity index (χ0n) is 16.5. The second-order valence-corrected chi connectivity index (χ2v) is 6.99. The Morgan fingerprint density at radius 1 is 1.06 bits per heavy atom. The van der Waals surface area contributed by atoms with Gasteiger partial charge >= 0.3 is 11.9 Å². The Bertz CT molecular complexity index is 1270. The van der Waals surface area contributed by atoms with Gasteiger partial charge in [-0.25, -0.2) is 4.79 Å². The van der Waals surface area contributed by atoms with E-state index in [0.29, 0.717) is 11.3 Å². The summed E-state index contributed by atoms with van der Waals surface area (Å²) >= 11 is 6.38. The highest BCUT2D eigenvalue weighted by Crippen LogP contribution is 2.32. The van der Waals surface area contributed by atoms with Crippen molar-refractivity contribution in [1.29, 1.82) is 5.41 Å². The highest BCUT2D eigenvalue weighted by atomic mass is 35.5. The Kier molecular flexibility index (Phi) is 6.64. The molecule has 1 aromatic heterocycles. The topological polar surface area (TPSA) is 165 Å². The Balaban J connectivity index is 1.81. The van der Waals surface area contributed by atoms with Crippen molar-refractivity contribution in [3.05, 3.63) is 69.0 Å². The lowest BCUT2D eigenvalue weighted by molar-refractivity contribution is -0.137. The van der Waals surface area contributed by atoms with Crippen LogP contribution < -0.4 is 20.6 Å². The van der Waals surface area contributed by atoms with E-state index in [0.717, 1.165) is 10.8 Å². The second-order valence-electron chi connectivity index (χ2n) is 6.61. The highest BCUT2D eigenvalue weighted by molar-refractivity contribution is 6.36. The van der Waals surface area contributed by atoms with Crippen molar-refractivity contribution in [2.24, 2.45) is 5.73 Å². The molecule has 10 nitrogen and oxygen atoms in total. The minimum absolute atomic E-state index is 0.0244. The molecule has 0 bridgehead atoms. The number of nitrogen functional groups attached to an aromatic ring is 1. The van der Waals surface area contributed by atoms with Crippen molar-refractivity contribution in [3.8, 4) is 11.5 Å². The van der Waals surface area contributed by atoms with Crippen molar-refractivity contribution < 1.29 is 29.3 Å². The maximum atomic E-state index is 12.5. The first-order valence-corrected chi connectivity index (χ1v) is 9.57. The number of nitrogens with two attached hydrogens (primary N) is 1. The molecule has 2 aromatic carbocycles. The Morgan fingerprint density at radius 3 is 2.31 bits per heavy atom. The number of halogens is 1. The Morgan fingerprint density at radius 2 is 1.72 bits per heavy atom. The Hall–Kier alpha value is -4.05. The van der Waals surface area contributed by atoms with Gasteiger partial charge in [-0.15, -0.1) is 0 Å². The number of carboxylic acids is 2. The average Bonchev–Trinajstić information content (AvgIpc) is 2.74. The van der Waals surface area contributed by atoms with Gasteiger partial charge in [0.25, 0.3) is 0 Å². The third-order valence-electron chi connectivity index (χ3n) is 4.45. The number of carboxylic acid groups (broad SMARTS) is 2. The van der Waals surface area contributed by atoms with Gasteiger partial charge in [0.1, 0.15) is 47.7 Å². The molecule has 11 heteroatoms. The molecular weight excluding hydrogens is 442 g/mol. The third kappa shape index (κ3) is 4.81.